The van der Waals surface area contributed by atoms with Crippen molar-refractivity contribution in [2.45, 2.75) is 96.2 Å². The standard InChI is InChI=1S/C32H51N3O2.ClH/c1-25-22-35(23-26(2)37-25)29-5-6-31(30(21-29)28-7-13-32(14-8-28)11-3-4-12-32)34-17-15-33(16-18-34)24-27-9-19-36-20-10-27;/h5-6,21,25-28H,3-4,7-20,22-24H2,1-2H3;1H/t25-,26+;. The van der Waals surface area contributed by atoms with E-state index in [9.17, 15) is 0 Å². The number of halogens is 1. The molecule has 3 heterocycles. The van der Waals surface area contributed by atoms with Gasteiger partial charge in [-0.25, -0.2) is 0 Å². The lowest BCUT2D eigenvalue weighted by Gasteiger charge is -2.42. The molecule has 0 N–H and O–H groups in total. The first kappa shape index (κ1) is 28.5. The Balaban J connectivity index is 0.00000294. The van der Waals surface area contributed by atoms with E-state index in [0.717, 1.165) is 51.2 Å². The summed E-state index contributed by atoms with van der Waals surface area (Å²) in [5.41, 5.74) is 5.30. The molecule has 6 heteroatoms. The minimum Gasteiger partial charge on any atom is -0.381 e. The van der Waals surface area contributed by atoms with E-state index in [1.165, 1.54) is 95.2 Å². The molecular weight excluding hydrogens is 494 g/mol. The molecule has 5 aliphatic rings. The summed E-state index contributed by atoms with van der Waals surface area (Å²) in [6.45, 7) is 14.4. The first-order valence-electron chi connectivity index (χ1n) is 15.7. The Morgan fingerprint density at radius 3 is 2.13 bits per heavy atom. The molecule has 3 saturated heterocycles. The highest BCUT2D eigenvalue weighted by Crippen LogP contribution is 2.53. The Bertz CT molecular complexity index is 873. The van der Waals surface area contributed by atoms with Crippen LogP contribution in [-0.2, 0) is 9.47 Å². The van der Waals surface area contributed by atoms with Crippen molar-refractivity contribution in [1.82, 2.24) is 4.90 Å². The Labute approximate surface area is 238 Å². The van der Waals surface area contributed by atoms with Gasteiger partial charge in [0, 0.05) is 70.4 Å². The van der Waals surface area contributed by atoms with Crippen LogP contribution in [0.5, 0.6) is 0 Å². The van der Waals surface area contributed by atoms with Crippen LogP contribution >= 0.6 is 12.4 Å². The third kappa shape index (κ3) is 6.48. The van der Waals surface area contributed by atoms with E-state index in [0.29, 0.717) is 17.6 Å². The maximum Gasteiger partial charge on any atom is 0.0726 e. The highest BCUT2D eigenvalue weighted by atomic mass is 35.5. The van der Waals surface area contributed by atoms with Gasteiger partial charge in [0.2, 0.25) is 0 Å². The zero-order chi connectivity index (χ0) is 25.2. The molecule has 6 rings (SSSR count). The normalized spacial score (nSPS) is 29.5. The number of hydrogen-bond donors (Lipinski definition) is 0. The number of piperazine rings is 1. The van der Waals surface area contributed by atoms with Gasteiger partial charge in [-0.2, -0.15) is 0 Å². The molecule has 1 aromatic carbocycles. The summed E-state index contributed by atoms with van der Waals surface area (Å²) in [5.74, 6) is 1.55. The predicted octanol–water partition coefficient (Wildman–Crippen LogP) is 6.49. The van der Waals surface area contributed by atoms with Gasteiger partial charge in [0.1, 0.15) is 0 Å². The van der Waals surface area contributed by atoms with Gasteiger partial charge in [-0.15, -0.1) is 12.4 Å². The molecule has 2 saturated carbocycles. The van der Waals surface area contributed by atoms with E-state index in [1.54, 1.807) is 5.56 Å². The lowest BCUT2D eigenvalue weighted by Crippen LogP contribution is -2.48. The molecule has 1 spiro atoms. The average molecular weight is 546 g/mol. The SMILES string of the molecule is C[C@@H]1CN(c2ccc(N3CCN(CC4CCOCC4)CC3)c(C3CCC4(CCCC4)CC3)c2)C[C@H](C)O1.Cl. The highest BCUT2D eigenvalue weighted by molar-refractivity contribution is 5.85. The van der Waals surface area contributed by atoms with E-state index < -0.39 is 0 Å². The van der Waals surface area contributed by atoms with E-state index in [4.69, 9.17) is 9.47 Å². The van der Waals surface area contributed by atoms with E-state index in [-0.39, 0.29) is 12.4 Å². The van der Waals surface area contributed by atoms with E-state index in [1.807, 2.05) is 0 Å². The van der Waals surface area contributed by atoms with Crippen LogP contribution in [0.3, 0.4) is 0 Å². The van der Waals surface area contributed by atoms with Gasteiger partial charge >= 0.3 is 0 Å². The fourth-order valence-corrected chi connectivity index (χ4v) is 8.37. The lowest BCUT2D eigenvalue weighted by atomic mass is 9.68. The second kappa shape index (κ2) is 12.7. The number of nitrogens with zero attached hydrogens (tertiary/aromatic N) is 3. The first-order chi connectivity index (χ1) is 18.1. The molecular formula is C32H52ClN3O2. The van der Waals surface area contributed by atoms with Crippen molar-refractivity contribution < 1.29 is 9.47 Å². The highest BCUT2D eigenvalue weighted by Gasteiger charge is 2.39. The third-order valence-corrected chi connectivity index (χ3v) is 10.5. The Kier molecular flexibility index (Phi) is 9.50. The van der Waals surface area contributed by atoms with Crippen LogP contribution < -0.4 is 9.80 Å². The number of morpholine rings is 1. The number of anilines is 2. The monoisotopic (exact) mass is 545 g/mol. The van der Waals surface area contributed by atoms with Gasteiger partial charge in [0.15, 0.2) is 0 Å². The summed E-state index contributed by atoms with van der Waals surface area (Å²) < 4.78 is 11.7. The fraction of sp³-hybridized carbons (Fsp3) is 0.812. The number of rotatable bonds is 5. The van der Waals surface area contributed by atoms with Gasteiger partial charge in [-0.05, 0) is 106 Å². The fourth-order valence-electron chi connectivity index (χ4n) is 8.37. The van der Waals surface area contributed by atoms with Gasteiger partial charge in [-0.1, -0.05) is 12.8 Å². The minimum atomic E-state index is 0. The minimum absolute atomic E-state index is 0. The topological polar surface area (TPSA) is 28.2 Å². The van der Waals surface area contributed by atoms with Crippen LogP contribution in [0.1, 0.15) is 89.5 Å². The number of hydrogen-bond acceptors (Lipinski definition) is 5. The molecule has 0 bridgehead atoms. The molecule has 214 valence electrons. The zero-order valence-electron chi connectivity index (χ0n) is 24.0. The molecule has 2 aliphatic carbocycles. The Morgan fingerprint density at radius 2 is 1.47 bits per heavy atom. The van der Waals surface area contributed by atoms with E-state index in [2.05, 4.69) is 46.7 Å². The first-order valence-corrected chi connectivity index (χ1v) is 15.7. The van der Waals surface area contributed by atoms with Crippen molar-refractivity contribution in [3.8, 4) is 0 Å². The van der Waals surface area contributed by atoms with Crippen molar-refractivity contribution in [1.29, 1.82) is 0 Å². The maximum absolute atomic E-state index is 6.06. The van der Waals surface area contributed by atoms with Crippen molar-refractivity contribution in [3.63, 3.8) is 0 Å². The van der Waals surface area contributed by atoms with Crippen LogP contribution in [-0.4, -0.2) is 76.1 Å². The van der Waals surface area contributed by atoms with Crippen LogP contribution in [0.2, 0.25) is 0 Å². The molecule has 0 unspecified atom stereocenters. The number of ether oxygens (including phenoxy) is 2. The summed E-state index contributed by atoms with van der Waals surface area (Å²) in [4.78, 5) is 8.03. The third-order valence-electron chi connectivity index (χ3n) is 10.5. The molecule has 0 radical (unpaired) electrons. The van der Waals surface area contributed by atoms with Gasteiger partial charge < -0.3 is 19.3 Å². The maximum atomic E-state index is 6.06. The molecule has 3 aliphatic heterocycles. The largest absolute Gasteiger partial charge is 0.381 e. The van der Waals surface area contributed by atoms with Gasteiger partial charge in [0.25, 0.3) is 0 Å². The molecule has 5 nitrogen and oxygen atoms in total. The summed E-state index contributed by atoms with van der Waals surface area (Å²) in [7, 11) is 0. The van der Waals surface area contributed by atoms with Crippen LogP contribution in [0, 0.1) is 11.3 Å². The lowest BCUT2D eigenvalue weighted by molar-refractivity contribution is -0.00522. The number of benzene rings is 1. The summed E-state index contributed by atoms with van der Waals surface area (Å²) in [5, 5.41) is 0. The zero-order valence-corrected chi connectivity index (χ0v) is 24.9. The van der Waals surface area contributed by atoms with Gasteiger partial charge in [-0.3, -0.25) is 4.90 Å². The van der Waals surface area contributed by atoms with Crippen molar-refractivity contribution in [3.05, 3.63) is 23.8 Å². The van der Waals surface area contributed by atoms with Crippen molar-refractivity contribution in [2.24, 2.45) is 11.3 Å². The van der Waals surface area contributed by atoms with Crippen molar-refractivity contribution >= 4 is 23.8 Å². The van der Waals surface area contributed by atoms with E-state index >= 15 is 0 Å². The Morgan fingerprint density at radius 1 is 0.816 bits per heavy atom. The summed E-state index contributed by atoms with van der Waals surface area (Å²) in [6, 6.07) is 7.51. The second-order valence-corrected chi connectivity index (χ2v) is 13.2. The molecule has 5 fully saturated rings. The summed E-state index contributed by atoms with van der Waals surface area (Å²) in [6.07, 6.45) is 14.7. The quantitative estimate of drug-likeness (QED) is 0.422. The van der Waals surface area contributed by atoms with Gasteiger partial charge in [0.05, 0.1) is 12.2 Å². The van der Waals surface area contributed by atoms with Crippen LogP contribution in [0.25, 0.3) is 0 Å². The molecule has 0 amide bonds. The molecule has 2 atom stereocenters. The van der Waals surface area contributed by atoms with Crippen molar-refractivity contribution in [2.75, 3.05) is 68.8 Å². The van der Waals surface area contributed by atoms with Crippen LogP contribution in [0.4, 0.5) is 11.4 Å². The molecule has 0 aromatic heterocycles. The predicted molar refractivity (Wildman–Crippen MR) is 160 cm³/mol. The second-order valence-electron chi connectivity index (χ2n) is 13.2. The average Bonchev–Trinajstić information content (AvgIpc) is 3.37. The smallest absolute Gasteiger partial charge is 0.0726 e. The Hall–Kier alpha value is -1.01. The van der Waals surface area contributed by atoms with Crippen LogP contribution in [0.15, 0.2) is 18.2 Å². The molecule has 1 aromatic rings. The summed E-state index contributed by atoms with van der Waals surface area (Å²) >= 11 is 0. The molecule has 38 heavy (non-hydrogen) atoms.